The lowest BCUT2D eigenvalue weighted by atomic mass is 9.89. The molecule has 0 saturated heterocycles. The van der Waals surface area contributed by atoms with Crippen molar-refractivity contribution in [2.45, 2.75) is 0 Å². The van der Waals surface area contributed by atoms with Crippen LogP contribution in [-0.4, -0.2) is 14.4 Å². The quantitative estimate of drug-likeness (QED) is 0.135. The van der Waals surface area contributed by atoms with Gasteiger partial charge in [-0.05, 0) is 130 Å². The monoisotopic (exact) mass is 672 g/mol. The third-order valence-corrected chi connectivity index (χ3v) is 11.3. The predicted molar refractivity (Wildman–Crippen MR) is 224 cm³/mol. The third kappa shape index (κ3) is 4.16. The van der Waals surface area contributed by atoms with E-state index in [1.807, 2.05) is 28.7 Å². The minimum atomic E-state index is 0.168. The first kappa shape index (κ1) is 27.6. The first-order valence-corrected chi connectivity index (χ1v) is 18.1. The molecular weight excluding hydrogens is 643 g/mol. The van der Waals surface area contributed by atoms with E-state index in [9.17, 15) is 1.37 Å². The maximum Gasteiger partial charge on any atom is 0.148 e. The second-order valence-electron chi connectivity index (χ2n) is 14.2. The number of hydrogen-bond acceptors (Lipinski definition) is 2. The first-order valence-electron chi connectivity index (χ1n) is 18.6. The average Bonchev–Trinajstić information content (AvgIpc) is 3.62. The number of para-hydroxylation sites is 2. The summed E-state index contributed by atoms with van der Waals surface area (Å²) in [6, 6.07) is 61.1. The van der Waals surface area contributed by atoms with Gasteiger partial charge in [0.15, 0.2) is 0 Å². The van der Waals surface area contributed by atoms with E-state index in [0.29, 0.717) is 0 Å². The fourth-order valence-corrected chi connectivity index (χ4v) is 8.74. The van der Waals surface area contributed by atoms with Gasteiger partial charge in [0.1, 0.15) is 13.3 Å². The number of rotatable bonds is 2. The largest absolute Gasteiger partial charge is 0.282 e. The van der Waals surface area contributed by atoms with Crippen LogP contribution in [0.1, 0.15) is 1.37 Å². The Kier molecular flexibility index (Phi) is 5.58. The molecule has 0 N–H and O–H groups in total. The normalized spacial score (nSPS) is 12.4. The second-order valence-corrected chi connectivity index (χ2v) is 14.2. The van der Waals surface area contributed by atoms with Gasteiger partial charge in [-0.15, -0.1) is 0 Å². The summed E-state index contributed by atoms with van der Waals surface area (Å²) in [6.45, 7) is 0. The van der Waals surface area contributed by atoms with Gasteiger partial charge in [0.25, 0.3) is 0 Å². The SMILES string of the molecule is [2H]c1nc2c(-c3cccc4c3ccc3cc5ccccc5cc34)cc(-c3cccc4c3ccc3cc5ccccc5cc34)cc2c2nc3ccccc3n12. The van der Waals surface area contributed by atoms with Crippen LogP contribution in [0.4, 0.5) is 0 Å². The molecule has 0 unspecified atom stereocenters. The van der Waals surface area contributed by atoms with Crippen molar-refractivity contribution in [1.29, 1.82) is 0 Å². The number of nitrogens with zero attached hydrogens (tertiary/aromatic N) is 3. The maximum absolute atomic E-state index is 9.22. The number of fused-ring (bicyclic) bond motifs is 13. The molecule has 12 rings (SSSR count). The molecule has 53 heavy (non-hydrogen) atoms. The topological polar surface area (TPSA) is 30.2 Å². The van der Waals surface area contributed by atoms with E-state index >= 15 is 0 Å². The Labute approximate surface area is 305 Å². The van der Waals surface area contributed by atoms with Crippen LogP contribution in [0.5, 0.6) is 0 Å². The van der Waals surface area contributed by atoms with Gasteiger partial charge in [-0.1, -0.05) is 121 Å². The molecule has 2 heterocycles. The Morgan fingerprint density at radius 2 is 0.981 bits per heavy atom. The number of imidazole rings is 1. The summed E-state index contributed by atoms with van der Waals surface area (Å²) in [4.78, 5) is 10.2. The molecule has 0 aliphatic carbocycles. The Bertz CT molecular complexity index is 3580. The molecule has 2 aromatic heterocycles. The van der Waals surface area contributed by atoms with Crippen LogP contribution >= 0.6 is 0 Å². The van der Waals surface area contributed by atoms with Crippen molar-refractivity contribution in [3.8, 4) is 22.3 Å². The molecule has 0 spiro atoms. The Morgan fingerprint density at radius 1 is 0.396 bits per heavy atom. The van der Waals surface area contributed by atoms with Crippen molar-refractivity contribution >= 4 is 92.2 Å². The summed E-state index contributed by atoms with van der Waals surface area (Å²) in [5.41, 5.74) is 7.54. The second kappa shape index (κ2) is 10.7. The molecular formula is C50H29N3. The van der Waals surface area contributed by atoms with Gasteiger partial charge in [0.2, 0.25) is 0 Å². The van der Waals surface area contributed by atoms with Crippen LogP contribution in [0.15, 0.2) is 176 Å². The fraction of sp³-hybridized carbons (Fsp3) is 0. The molecule has 3 heteroatoms. The standard InChI is InChI=1S/C50H29N3/c1-3-11-32-25-43-34(23-30(32)9-1)19-21-41-37(13-7-14-38(41)43)36-27-45(49-46(28-36)50-52-47-17-5-6-18-48(47)53(50)29-51-49)40-16-8-15-39-42(40)22-20-35-24-31-10-2-4-12-33(31)26-44(35)39/h1-29H/i29D. The molecule has 3 nitrogen and oxygen atoms in total. The molecule has 0 saturated carbocycles. The lowest BCUT2D eigenvalue weighted by Gasteiger charge is -2.16. The molecule has 0 bridgehead atoms. The van der Waals surface area contributed by atoms with Crippen molar-refractivity contribution in [2.24, 2.45) is 0 Å². The summed E-state index contributed by atoms with van der Waals surface area (Å²) >= 11 is 0. The summed E-state index contributed by atoms with van der Waals surface area (Å²) < 4.78 is 11.1. The molecule has 0 fully saturated rings. The lowest BCUT2D eigenvalue weighted by molar-refractivity contribution is 1.15. The van der Waals surface area contributed by atoms with Crippen LogP contribution in [0.3, 0.4) is 0 Å². The van der Waals surface area contributed by atoms with Crippen LogP contribution in [0.25, 0.3) is 114 Å². The van der Waals surface area contributed by atoms with Crippen LogP contribution < -0.4 is 0 Å². The van der Waals surface area contributed by atoms with Crippen LogP contribution in [0, 0.1) is 0 Å². The molecule has 12 aromatic rings. The fourth-order valence-electron chi connectivity index (χ4n) is 8.74. The molecule has 10 aromatic carbocycles. The zero-order chi connectivity index (χ0) is 35.5. The molecule has 0 aliphatic rings. The summed E-state index contributed by atoms with van der Waals surface area (Å²) in [5.74, 6) is 0. The lowest BCUT2D eigenvalue weighted by Crippen LogP contribution is -1.95. The van der Waals surface area contributed by atoms with E-state index in [2.05, 4.69) is 146 Å². The highest BCUT2D eigenvalue weighted by atomic mass is 15.0. The Hall–Kier alpha value is -7.10. The van der Waals surface area contributed by atoms with E-state index < -0.39 is 0 Å². The van der Waals surface area contributed by atoms with Gasteiger partial charge in [-0.3, -0.25) is 4.40 Å². The van der Waals surface area contributed by atoms with E-state index in [0.717, 1.165) is 55.2 Å². The minimum absolute atomic E-state index is 0.168. The maximum atomic E-state index is 9.22. The van der Waals surface area contributed by atoms with E-state index in [4.69, 9.17) is 9.97 Å². The van der Waals surface area contributed by atoms with E-state index in [1.165, 1.54) is 59.2 Å². The van der Waals surface area contributed by atoms with Crippen molar-refractivity contribution in [3.63, 3.8) is 0 Å². The van der Waals surface area contributed by atoms with Crippen LogP contribution in [-0.2, 0) is 0 Å². The third-order valence-electron chi connectivity index (χ3n) is 11.3. The van der Waals surface area contributed by atoms with E-state index in [-0.39, 0.29) is 6.30 Å². The Balaban J connectivity index is 1.19. The smallest absolute Gasteiger partial charge is 0.148 e. The number of benzene rings is 10. The minimum Gasteiger partial charge on any atom is -0.282 e. The van der Waals surface area contributed by atoms with E-state index in [1.54, 1.807) is 0 Å². The van der Waals surface area contributed by atoms with Gasteiger partial charge in [0.05, 0.1) is 16.6 Å². The van der Waals surface area contributed by atoms with Crippen LogP contribution in [0.2, 0.25) is 0 Å². The number of aromatic nitrogens is 3. The van der Waals surface area contributed by atoms with Crippen molar-refractivity contribution in [3.05, 3.63) is 176 Å². The van der Waals surface area contributed by atoms with Crippen molar-refractivity contribution in [2.75, 3.05) is 0 Å². The molecule has 0 aliphatic heterocycles. The zero-order valence-electron chi connectivity index (χ0n) is 29.5. The highest BCUT2D eigenvalue weighted by Crippen LogP contribution is 2.42. The van der Waals surface area contributed by atoms with Gasteiger partial charge in [-0.25, -0.2) is 9.97 Å². The van der Waals surface area contributed by atoms with Crippen molar-refractivity contribution in [1.82, 2.24) is 14.4 Å². The highest BCUT2D eigenvalue weighted by Gasteiger charge is 2.18. The Morgan fingerprint density at radius 3 is 1.66 bits per heavy atom. The zero-order valence-corrected chi connectivity index (χ0v) is 28.5. The molecule has 0 amide bonds. The molecule has 0 atom stereocenters. The summed E-state index contributed by atoms with van der Waals surface area (Å²) in [7, 11) is 0. The first-order chi connectivity index (χ1) is 26.7. The average molecular weight is 673 g/mol. The van der Waals surface area contributed by atoms with Gasteiger partial charge in [0, 0.05) is 10.9 Å². The number of hydrogen-bond donors (Lipinski definition) is 0. The predicted octanol–water partition coefficient (Wildman–Crippen LogP) is 13.3. The molecule has 244 valence electrons. The summed E-state index contributed by atoms with van der Waals surface area (Å²) in [6.07, 6.45) is 0.168. The van der Waals surface area contributed by atoms with Crippen molar-refractivity contribution < 1.29 is 1.37 Å². The van der Waals surface area contributed by atoms with Gasteiger partial charge < -0.3 is 0 Å². The van der Waals surface area contributed by atoms with Gasteiger partial charge in [-0.2, -0.15) is 0 Å². The highest BCUT2D eigenvalue weighted by molar-refractivity contribution is 6.19. The van der Waals surface area contributed by atoms with Gasteiger partial charge >= 0.3 is 0 Å². The molecule has 0 radical (unpaired) electrons. The summed E-state index contributed by atoms with van der Waals surface area (Å²) in [5, 5.41) is 15.5.